The monoisotopic (exact) mass is 285 g/mol. The van der Waals surface area contributed by atoms with E-state index >= 15 is 0 Å². The summed E-state index contributed by atoms with van der Waals surface area (Å²) >= 11 is 0. The van der Waals surface area contributed by atoms with E-state index in [4.69, 9.17) is 0 Å². The molecular formula is C14H11F4NO. The lowest BCUT2D eigenvalue weighted by Gasteiger charge is -2.18. The molecule has 2 nitrogen and oxygen atoms in total. The quantitative estimate of drug-likeness (QED) is 0.656. The van der Waals surface area contributed by atoms with Crippen LogP contribution in [-0.4, -0.2) is 5.11 Å². The van der Waals surface area contributed by atoms with Crippen LogP contribution in [0.15, 0.2) is 30.3 Å². The summed E-state index contributed by atoms with van der Waals surface area (Å²) in [6.45, 7) is 1.50. The maximum absolute atomic E-state index is 13.5. The summed E-state index contributed by atoms with van der Waals surface area (Å²) < 4.78 is 53.2. The SMILES string of the molecule is CC(Nc1c(F)c(F)cc(F)c1F)c1ccccc1O. The molecule has 2 rings (SSSR count). The third kappa shape index (κ3) is 2.54. The van der Waals surface area contributed by atoms with Crippen LogP contribution in [0.3, 0.4) is 0 Å². The molecule has 2 aromatic rings. The molecule has 2 aromatic carbocycles. The Morgan fingerprint density at radius 1 is 1.00 bits per heavy atom. The van der Waals surface area contributed by atoms with E-state index in [1.54, 1.807) is 12.1 Å². The van der Waals surface area contributed by atoms with Crippen molar-refractivity contribution in [3.05, 3.63) is 59.2 Å². The van der Waals surface area contributed by atoms with Crippen molar-refractivity contribution < 1.29 is 22.7 Å². The van der Waals surface area contributed by atoms with Crippen LogP contribution in [0.2, 0.25) is 0 Å². The molecular weight excluding hydrogens is 274 g/mol. The Morgan fingerprint density at radius 2 is 1.55 bits per heavy atom. The van der Waals surface area contributed by atoms with Gasteiger partial charge in [0.05, 0.1) is 6.04 Å². The molecule has 1 atom stereocenters. The average Bonchev–Trinajstić information content (AvgIpc) is 2.41. The van der Waals surface area contributed by atoms with E-state index in [1.807, 2.05) is 0 Å². The zero-order chi connectivity index (χ0) is 14.9. The first-order valence-electron chi connectivity index (χ1n) is 5.79. The van der Waals surface area contributed by atoms with Crippen molar-refractivity contribution in [1.82, 2.24) is 0 Å². The minimum Gasteiger partial charge on any atom is -0.508 e. The van der Waals surface area contributed by atoms with E-state index in [2.05, 4.69) is 5.32 Å². The van der Waals surface area contributed by atoms with Gasteiger partial charge in [-0.25, -0.2) is 17.6 Å². The number of phenolic OH excluding ortho intramolecular Hbond substituents is 1. The first-order chi connectivity index (χ1) is 9.41. The number of hydrogen-bond donors (Lipinski definition) is 2. The van der Waals surface area contributed by atoms with Crippen LogP contribution in [-0.2, 0) is 0 Å². The molecule has 0 saturated carbocycles. The molecule has 0 aliphatic carbocycles. The fourth-order valence-corrected chi connectivity index (χ4v) is 1.85. The summed E-state index contributed by atoms with van der Waals surface area (Å²) in [6, 6.07) is 5.51. The summed E-state index contributed by atoms with van der Waals surface area (Å²) in [5, 5.41) is 12.0. The Bertz CT molecular complexity index is 619. The summed E-state index contributed by atoms with van der Waals surface area (Å²) in [4.78, 5) is 0. The van der Waals surface area contributed by atoms with E-state index in [-0.39, 0.29) is 11.8 Å². The lowest BCUT2D eigenvalue weighted by atomic mass is 10.1. The second-order valence-electron chi connectivity index (χ2n) is 4.27. The maximum atomic E-state index is 13.5. The van der Waals surface area contributed by atoms with E-state index < -0.39 is 35.0 Å². The van der Waals surface area contributed by atoms with Crippen molar-refractivity contribution in [3.8, 4) is 5.75 Å². The van der Waals surface area contributed by atoms with Crippen molar-refractivity contribution in [2.45, 2.75) is 13.0 Å². The predicted molar refractivity (Wildman–Crippen MR) is 66.4 cm³/mol. The summed E-state index contributed by atoms with van der Waals surface area (Å²) in [5.74, 6) is -6.09. The van der Waals surface area contributed by atoms with E-state index in [9.17, 15) is 22.7 Å². The number of nitrogens with one attached hydrogen (secondary N) is 1. The lowest BCUT2D eigenvalue weighted by molar-refractivity contribution is 0.454. The van der Waals surface area contributed by atoms with E-state index in [1.165, 1.54) is 19.1 Å². The molecule has 0 bridgehead atoms. The van der Waals surface area contributed by atoms with Crippen molar-refractivity contribution in [3.63, 3.8) is 0 Å². The van der Waals surface area contributed by atoms with Gasteiger partial charge in [0.1, 0.15) is 11.4 Å². The molecule has 0 aliphatic rings. The Balaban J connectivity index is 2.38. The van der Waals surface area contributed by atoms with Gasteiger partial charge < -0.3 is 10.4 Å². The van der Waals surface area contributed by atoms with Gasteiger partial charge in [-0.1, -0.05) is 18.2 Å². The third-order valence-corrected chi connectivity index (χ3v) is 2.88. The molecule has 0 radical (unpaired) electrons. The number of anilines is 1. The van der Waals surface area contributed by atoms with Gasteiger partial charge in [0, 0.05) is 11.6 Å². The highest BCUT2D eigenvalue weighted by atomic mass is 19.2. The molecule has 6 heteroatoms. The van der Waals surface area contributed by atoms with Gasteiger partial charge in [-0.3, -0.25) is 0 Å². The maximum Gasteiger partial charge on any atom is 0.185 e. The van der Waals surface area contributed by atoms with Crippen molar-refractivity contribution in [2.75, 3.05) is 5.32 Å². The zero-order valence-corrected chi connectivity index (χ0v) is 10.4. The van der Waals surface area contributed by atoms with Crippen molar-refractivity contribution >= 4 is 5.69 Å². The molecule has 20 heavy (non-hydrogen) atoms. The first-order valence-corrected chi connectivity index (χ1v) is 5.79. The predicted octanol–water partition coefficient (Wildman–Crippen LogP) is 4.12. The second-order valence-corrected chi connectivity index (χ2v) is 4.27. The highest BCUT2D eigenvalue weighted by molar-refractivity contribution is 5.50. The summed E-state index contributed by atoms with van der Waals surface area (Å²) in [5.41, 5.74) is -0.561. The molecule has 0 aromatic heterocycles. The summed E-state index contributed by atoms with van der Waals surface area (Å²) in [7, 11) is 0. The van der Waals surface area contributed by atoms with E-state index in [0.29, 0.717) is 5.56 Å². The highest BCUT2D eigenvalue weighted by Gasteiger charge is 2.21. The van der Waals surface area contributed by atoms with Crippen molar-refractivity contribution in [2.24, 2.45) is 0 Å². The van der Waals surface area contributed by atoms with Gasteiger partial charge in [-0.05, 0) is 13.0 Å². The second kappa shape index (κ2) is 5.40. The third-order valence-electron chi connectivity index (χ3n) is 2.88. The Hall–Kier alpha value is -2.24. The Labute approximate surface area is 112 Å². The number of benzene rings is 2. The van der Waals surface area contributed by atoms with Crippen LogP contribution in [0, 0.1) is 23.3 Å². The van der Waals surface area contributed by atoms with Gasteiger partial charge in [0.25, 0.3) is 0 Å². The zero-order valence-electron chi connectivity index (χ0n) is 10.4. The number of rotatable bonds is 3. The minimum absolute atomic E-state index is 0.0924. The molecule has 0 saturated heterocycles. The van der Waals surface area contributed by atoms with Gasteiger partial charge >= 0.3 is 0 Å². The molecule has 0 fully saturated rings. The molecule has 106 valence electrons. The smallest absolute Gasteiger partial charge is 0.185 e. The van der Waals surface area contributed by atoms with Crippen LogP contribution in [0.4, 0.5) is 23.2 Å². The fraction of sp³-hybridized carbons (Fsp3) is 0.143. The largest absolute Gasteiger partial charge is 0.508 e. The van der Waals surface area contributed by atoms with Gasteiger partial charge in [-0.15, -0.1) is 0 Å². The Kier molecular flexibility index (Phi) is 3.83. The van der Waals surface area contributed by atoms with Crippen LogP contribution in [0.5, 0.6) is 5.75 Å². The molecule has 0 heterocycles. The lowest BCUT2D eigenvalue weighted by Crippen LogP contribution is -2.11. The number of aromatic hydroxyl groups is 1. The van der Waals surface area contributed by atoms with Crippen LogP contribution in [0.25, 0.3) is 0 Å². The number of halogens is 4. The average molecular weight is 285 g/mol. The minimum atomic E-state index is -1.51. The van der Waals surface area contributed by atoms with Gasteiger partial charge in [0.2, 0.25) is 0 Å². The summed E-state index contributed by atoms with van der Waals surface area (Å²) in [6.07, 6.45) is 0. The molecule has 0 spiro atoms. The van der Waals surface area contributed by atoms with Crippen LogP contribution in [0.1, 0.15) is 18.5 Å². The first kappa shape index (κ1) is 14.2. The standard InChI is InChI=1S/C14H11F4NO/c1-7(8-4-2-3-5-11(8)20)19-14-12(17)9(15)6-10(16)13(14)18/h2-7,19-20H,1H3. The van der Waals surface area contributed by atoms with Crippen LogP contribution < -0.4 is 5.32 Å². The molecule has 2 N–H and O–H groups in total. The topological polar surface area (TPSA) is 32.3 Å². The number of para-hydroxylation sites is 1. The number of hydrogen-bond acceptors (Lipinski definition) is 2. The Morgan fingerprint density at radius 3 is 2.10 bits per heavy atom. The van der Waals surface area contributed by atoms with Gasteiger partial charge in [-0.2, -0.15) is 0 Å². The van der Waals surface area contributed by atoms with Crippen LogP contribution >= 0.6 is 0 Å². The highest BCUT2D eigenvalue weighted by Crippen LogP contribution is 2.30. The molecule has 0 aliphatic heterocycles. The number of phenols is 1. The van der Waals surface area contributed by atoms with Crippen molar-refractivity contribution in [1.29, 1.82) is 0 Å². The van der Waals surface area contributed by atoms with Gasteiger partial charge in [0.15, 0.2) is 23.3 Å². The molecule has 1 unspecified atom stereocenters. The normalized spacial score (nSPS) is 12.2. The molecule has 0 amide bonds. The fourth-order valence-electron chi connectivity index (χ4n) is 1.85. The van der Waals surface area contributed by atoms with E-state index in [0.717, 1.165) is 0 Å².